The van der Waals surface area contributed by atoms with Crippen molar-refractivity contribution >= 4 is 35.3 Å². The number of amides is 4. The van der Waals surface area contributed by atoms with Crippen LogP contribution in [0.25, 0.3) is 0 Å². The van der Waals surface area contributed by atoms with E-state index in [0.717, 1.165) is 23.1 Å². The number of benzene rings is 2. The number of nitrogens with zero attached hydrogens (tertiary/aromatic N) is 2. The lowest BCUT2D eigenvalue weighted by Crippen LogP contribution is -2.57. The Morgan fingerprint density at radius 1 is 1.20 bits per heavy atom. The maximum Gasteiger partial charge on any atom is 0.319 e. The quantitative estimate of drug-likeness (QED) is 0.410. The Hall–Kier alpha value is -4.49. The molecule has 1 fully saturated rings. The predicted molar refractivity (Wildman–Crippen MR) is 151 cm³/mol. The van der Waals surface area contributed by atoms with Gasteiger partial charge in [-0.1, -0.05) is 36.0 Å². The number of carbonyl (C=O) groups excluding carboxylic acids is 3. The summed E-state index contributed by atoms with van der Waals surface area (Å²) in [5, 5.41) is 9.71. The number of piperidine rings is 1. The van der Waals surface area contributed by atoms with E-state index >= 15 is 0 Å². The Morgan fingerprint density at radius 2 is 2.02 bits per heavy atom. The second-order valence-corrected chi connectivity index (χ2v) is 11.3. The molecule has 1 saturated heterocycles. The van der Waals surface area contributed by atoms with Crippen LogP contribution in [0.4, 0.5) is 10.5 Å². The minimum Gasteiger partial charge on any atom is -0.457 e. The zero-order valence-electron chi connectivity index (χ0n) is 21.8. The van der Waals surface area contributed by atoms with Gasteiger partial charge in [0.1, 0.15) is 16.5 Å². The first-order valence-electron chi connectivity index (χ1n) is 13.0. The number of ether oxygens (including phenoxy) is 1. The van der Waals surface area contributed by atoms with Crippen LogP contribution in [0.2, 0.25) is 0 Å². The monoisotopic (exact) mass is 553 g/mol. The van der Waals surface area contributed by atoms with E-state index in [1.165, 1.54) is 11.8 Å². The van der Waals surface area contributed by atoms with Gasteiger partial charge >= 0.3 is 6.03 Å². The van der Waals surface area contributed by atoms with E-state index in [4.69, 9.17) is 11.2 Å². The average molecular weight is 554 g/mol. The molecule has 2 aromatic carbocycles. The van der Waals surface area contributed by atoms with E-state index in [2.05, 4.69) is 26.9 Å². The van der Waals surface area contributed by atoms with Crippen molar-refractivity contribution in [2.45, 2.75) is 41.6 Å². The van der Waals surface area contributed by atoms with Gasteiger partial charge in [0.05, 0.1) is 11.7 Å². The highest BCUT2D eigenvalue weighted by Crippen LogP contribution is 2.60. The van der Waals surface area contributed by atoms with Gasteiger partial charge in [-0.25, -0.2) is 9.78 Å². The number of para-hydroxylation sites is 1. The fourth-order valence-electron chi connectivity index (χ4n) is 5.72. The summed E-state index contributed by atoms with van der Waals surface area (Å²) in [6, 6.07) is 15.5. The van der Waals surface area contributed by atoms with Crippen molar-refractivity contribution in [3.63, 3.8) is 0 Å². The van der Waals surface area contributed by atoms with Crippen LogP contribution in [0.3, 0.4) is 0 Å². The molecule has 202 valence electrons. The number of terminal acetylenes is 1. The highest BCUT2D eigenvalue weighted by molar-refractivity contribution is 8.01. The van der Waals surface area contributed by atoms with E-state index in [1.807, 2.05) is 55.5 Å². The van der Waals surface area contributed by atoms with Crippen molar-refractivity contribution in [2.24, 2.45) is 0 Å². The number of hydrogen-bond donors (Lipinski definition) is 3. The molecule has 4 heterocycles. The lowest BCUT2D eigenvalue weighted by atomic mass is 9.82. The molecule has 6 rings (SSSR count). The number of anilines is 1. The Bertz CT molecular complexity index is 1560. The third-order valence-corrected chi connectivity index (χ3v) is 8.99. The van der Waals surface area contributed by atoms with Gasteiger partial charge in [-0.05, 0) is 67.1 Å². The summed E-state index contributed by atoms with van der Waals surface area (Å²) in [5.74, 6) is 2.84. The van der Waals surface area contributed by atoms with Crippen molar-refractivity contribution in [2.75, 3.05) is 18.4 Å². The Morgan fingerprint density at radius 3 is 2.80 bits per heavy atom. The van der Waals surface area contributed by atoms with Crippen molar-refractivity contribution < 1.29 is 19.1 Å². The van der Waals surface area contributed by atoms with Crippen LogP contribution in [-0.4, -0.2) is 46.9 Å². The first-order valence-corrected chi connectivity index (χ1v) is 13.9. The Balaban J connectivity index is 1.40. The number of carbonyl (C=O) groups is 3. The molecular formula is C30H27N5O4S. The minimum absolute atomic E-state index is 0.270. The standard InChI is InChI=1S/C30H27N5O4S/c1-3-24(36)35-15-7-8-19(17-35)32-28(37)30(26-25-23(33-29(38)34-26)13-14-31-27(25)40-30)22-12-11-21(16-18(22)2)39-20-9-5-4-6-10-20/h1,4-6,9-14,16,19,26H,7-8,15,17H2,2H3,(H,32,37)(H2,33,34,38). The molecule has 10 heteroatoms. The van der Waals surface area contributed by atoms with Crippen molar-refractivity contribution in [3.8, 4) is 23.8 Å². The summed E-state index contributed by atoms with van der Waals surface area (Å²) in [5.41, 5.74) is 2.97. The molecule has 0 aliphatic carbocycles. The van der Waals surface area contributed by atoms with Crippen LogP contribution in [0.1, 0.15) is 35.6 Å². The fourth-order valence-corrected chi connectivity index (χ4v) is 7.26. The molecule has 3 unspecified atom stereocenters. The first kappa shape index (κ1) is 25.8. The van der Waals surface area contributed by atoms with Crippen LogP contribution >= 0.6 is 11.8 Å². The number of aryl methyl sites for hydroxylation is 1. The normalized spacial score (nSPS) is 22.8. The summed E-state index contributed by atoms with van der Waals surface area (Å²) < 4.78 is 4.79. The molecule has 0 bridgehead atoms. The number of rotatable bonds is 5. The zero-order chi connectivity index (χ0) is 27.9. The molecule has 0 spiro atoms. The predicted octanol–water partition coefficient (Wildman–Crippen LogP) is 4.10. The second-order valence-electron chi connectivity index (χ2n) is 10.0. The van der Waals surface area contributed by atoms with Crippen LogP contribution in [0.5, 0.6) is 11.5 Å². The lowest BCUT2D eigenvalue weighted by molar-refractivity contribution is -0.129. The molecule has 9 nitrogen and oxygen atoms in total. The van der Waals surface area contributed by atoms with E-state index in [-0.39, 0.29) is 23.9 Å². The van der Waals surface area contributed by atoms with Crippen molar-refractivity contribution in [1.82, 2.24) is 20.5 Å². The molecule has 0 saturated carbocycles. The van der Waals surface area contributed by atoms with E-state index in [1.54, 1.807) is 17.2 Å². The number of thioether (sulfide) groups is 1. The van der Waals surface area contributed by atoms with E-state index in [0.29, 0.717) is 41.7 Å². The summed E-state index contributed by atoms with van der Waals surface area (Å²) in [6.45, 7) is 2.81. The second kappa shape index (κ2) is 10.2. The van der Waals surface area contributed by atoms with E-state index in [9.17, 15) is 14.4 Å². The number of nitrogens with one attached hydrogen (secondary N) is 3. The Kier molecular flexibility index (Phi) is 6.60. The van der Waals surface area contributed by atoms with Gasteiger partial charge in [-0.3, -0.25) is 9.59 Å². The molecule has 3 aromatic rings. The Labute approximate surface area is 236 Å². The van der Waals surface area contributed by atoms with Crippen molar-refractivity contribution in [3.05, 3.63) is 77.5 Å². The van der Waals surface area contributed by atoms with Gasteiger partial charge in [-0.2, -0.15) is 0 Å². The summed E-state index contributed by atoms with van der Waals surface area (Å²) >= 11 is 1.33. The number of likely N-dealkylation sites (tertiary alicyclic amines) is 1. The van der Waals surface area contributed by atoms with Gasteiger partial charge in [0, 0.05) is 30.9 Å². The molecule has 0 radical (unpaired) electrons. The third-order valence-electron chi connectivity index (χ3n) is 7.51. The van der Waals surface area contributed by atoms with Gasteiger partial charge in [0.2, 0.25) is 5.91 Å². The van der Waals surface area contributed by atoms with Crippen LogP contribution in [0, 0.1) is 19.3 Å². The van der Waals surface area contributed by atoms with Gasteiger partial charge in [-0.15, -0.1) is 6.42 Å². The third kappa shape index (κ3) is 4.42. The van der Waals surface area contributed by atoms with Gasteiger partial charge < -0.3 is 25.6 Å². The number of pyridine rings is 1. The number of aromatic nitrogens is 1. The summed E-state index contributed by atoms with van der Waals surface area (Å²) in [7, 11) is 0. The van der Waals surface area contributed by atoms with E-state index < -0.39 is 10.8 Å². The van der Waals surface area contributed by atoms with Crippen LogP contribution in [-0.2, 0) is 14.3 Å². The fraction of sp³-hybridized carbons (Fsp3) is 0.267. The molecule has 3 aliphatic heterocycles. The SMILES string of the molecule is C#CC(=O)N1CCCC(NC(=O)C2(c3ccc(Oc4ccccc4)cc3C)Sc3nccc4c3C2NC(=O)N4)C1. The molecule has 40 heavy (non-hydrogen) atoms. The van der Waals surface area contributed by atoms with Gasteiger partial charge in [0.15, 0.2) is 4.75 Å². The topological polar surface area (TPSA) is 113 Å². The summed E-state index contributed by atoms with van der Waals surface area (Å²) in [4.78, 5) is 45.6. The smallest absolute Gasteiger partial charge is 0.319 e. The maximum atomic E-state index is 14.5. The van der Waals surface area contributed by atoms with Crippen LogP contribution < -0.4 is 20.7 Å². The average Bonchev–Trinajstić information content (AvgIpc) is 3.29. The molecule has 1 aromatic heterocycles. The zero-order valence-corrected chi connectivity index (χ0v) is 22.6. The molecule has 3 atom stereocenters. The van der Waals surface area contributed by atoms with Gasteiger partial charge in [0.25, 0.3) is 5.91 Å². The molecule has 4 amide bonds. The molecule has 3 aliphatic rings. The summed E-state index contributed by atoms with van der Waals surface area (Å²) in [6.07, 6.45) is 8.41. The minimum atomic E-state index is -1.25. The molecule has 3 N–H and O–H groups in total. The highest BCUT2D eigenvalue weighted by atomic mass is 32.2. The molecular weight excluding hydrogens is 526 g/mol. The van der Waals surface area contributed by atoms with Crippen LogP contribution in [0.15, 0.2) is 65.8 Å². The largest absolute Gasteiger partial charge is 0.457 e. The number of hydrogen-bond acceptors (Lipinski definition) is 6. The maximum absolute atomic E-state index is 14.5. The number of urea groups is 1. The lowest BCUT2D eigenvalue weighted by Gasteiger charge is -2.39. The first-order chi connectivity index (χ1) is 19.4. The van der Waals surface area contributed by atoms with Crippen molar-refractivity contribution in [1.29, 1.82) is 0 Å². The highest BCUT2D eigenvalue weighted by Gasteiger charge is 2.58.